The Morgan fingerprint density at radius 3 is 2.58 bits per heavy atom. The second-order valence-electron chi connectivity index (χ2n) is 6.04. The fraction of sp³-hybridized carbons (Fsp3) is 0.444. The first-order chi connectivity index (χ1) is 11.6. The molecule has 1 aliphatic rings. The van der Waals surface area contributed by atoms with Gasteiger partial charge in [-0.25, -0.2) is 0 Å². The molecule has 3 rings (SSSR count). The number of nitrogens with zero attached hydrogens (tertiary/aromatic N) is 4. The van der Waals surface area contributed by atoms with Gasteiger partial charge in [-0.2, -0.15) is 5.10 Å². The van der Waals surface area contributed by atoms with Crippen LogP contribution >= 0.6 is 11.6 Å². The van der Waals surface area contributed by atoms with Crippen LogP contribution in [0.1, 0.15) is 29.4 Å². The topological polar surface area (TPSA) is 41.4 Å². The lowest BCUT2D eigenvalue weighted by atomic mass is 10.2. The molecule has 0 saturated carbocycles. The molecule has 0 radical (unpaired) electrons. The number of carbonyl (C=O) groups excluding carboxylic acids is 1. The molecule has 0 aliphatic carbocycles. The lowest BCUT2D eigenvalue weighted by Gasteiger charge is -2.23. The predicted octanol–water partition coefficient (Wildman–Crippen LogP) is 3.22. The van der Waals surface area contributed by atoms with Crippen molar-refractivity contribution in [2.45, 2.75) is 26.8 Å². The minimum atomic E-state index is -0.00730. The number of aryl methyl sites for hydroxylation is 2. The molecule has 24 heavy (non-hydrogen) atoms. The third-order valence-electron chi connectivity index (χ3n) is 4.48. The Morgan fingerprint density at radius 1 is 1.17 bits per heavy atom. The number of rotatable bonds is 3. The van der Waals surface area contributed by atoms with E-state index in [1.807, 2.05) is 36.9 Å². The average molecular weight is 347 g/mol. The molecule has 0 N–H and O–H groups in total. The molecule has 2 heterocycles. The second-order valence-corrected chi connectivity index (χ2v) is 6.39. The van der Waals surface area contributed by atoms with E-state index in [2.05, 4.69) is 22.1 Å². The van der Waals surface area contributed by atoms with Crippen LogP contribution in [0.2, 0.25) is 5.15 Å². The summed E-state index contributed by atoms with van der Waals surface area (Å²) < 4.78 is 1.68. The summed E-state index contributed by atoms with van der Waals surface area (Å²) in [5.41, 5.74) is 2.46. The third kappa shape index (κ3) is 3.26. The molecule has 2 aromatic rings. The number of aromatic nitrogens is 2. The minimum absolute atomic E-state index is 0.00730. The van der Waals surface area contributed by atoms with Crippen LogP contribution < -0.4 is 4.90 Å². The van der Waals surface area contributed by atoms with Crippen LogP contribution in [0.3, 0.4) is 0 Å². The molecule has 0 atom stereocenters. The number of benzene rings is 1. The van der Waals surface area contributed by atoms with Crippen LogP contribution in [-0.4, -0.2) is 46.8 Å². The molecule has 1 aromatic heterocycles. The van der Waals surface area contributed by atoms with Crippen molar-refractivity contribution in [2.75, 3.05) is 31.1 Å². The van der Waals surface area contributed by atoms with Gasteiger partial charge in [0.25, 0.3) is 5.91 Å². The Balaban J connectivity index is 1.74. The molecule has 1 aromatic carbocycles. The fourth-order valence-electron chi connectivity index (χ4n) is 3.18. The summed E-state index contributed by atoms with van der Waals surface area (Å²) >= 11 is 6.35. The van der Waals surface area contributed by atoms with E-state index in [9.17, 15) is 4.79 Å². The quantitative estimate of drug-likeness (QED) is 0.856. The zero-order chi connectivity index (χ0) is 17.1. The van der Waals surface area contributed by atoms with Crippen molar-refractivity contribution >= 4 is 23.2 Å². The molecular formula is C18H23ClN4O. The van der Waals surface area contributed by atoms with Gasteiger partial charge in [0.15, 0.2) is 0 Å². The number of amides is 1. The average Bonchev–Trinajstić information content (AvgIpc) is 2.78. The van der Waals surface area contributed by atoms with Crippen LogP contribution in [0.4, 0.5) is 5.69 Å². The van der Waals surface area contributed by atoms with Crippen molar-refractivity contribution in [2.24, 2.45) is 0 Å². The third-order valence-corrected chi connectivity index (χ3v) is 4.87. The van der Waals surface area contributed by atoms with E-state index in [0.29, 0.717) is 29.5 Å². The zero-order valence-corrected chi connectivity index (χ0v) is 15.0. The van der Waals surface area contributed by atoms with E-state index in [1.165, 1.54) is 5.69 Å². The lowest BCUT2D eigenvalue weighted by Crippen LogP contribution is -2.35. The van der Waals surface area contributed by atoms with Crippen LogP contribution in [0.5, 0.6) is 0 Å². The molecule has 128 valence electrons. The Hall–Kier alpha value is -2.01. The molecule has 0 spiro atoms. The fourth-order valence-corrected chi connectivity index (χ4v) is 3.56. The van der Waals surface area contributed by atoms with Crippen LogP contribution in [0.25, 0.3) is 0 Å². The summed E-state index contributed by atoms with van der Waals surface area (Å²) in [5.74, 6) is -0.00730. The van der Waals surface area contributed by atoms with E-state index >= 15 is 0 Å². The maximum atomic E-state index is 12.9. The standard InChI is InChI=1S/C18H23ClN4O/c1-3-23-17(19)16(14(2)20-23)18(24)22-11-7-10-21(12-13-22)15-8-5-4-6-9-15/h4-6,8-9H,3,7,10-13H2,1-2H3. The summed E-state index contributed by atoms with van der Waals surface area (Å²) in [7, 11) is 0. The van der Waals surface area contributed by atoms with Gasteiger partial charge in [-0.15, -0.1) is 0 Å². The highest BCUT2D eigenvalue weighted by Crippen LogP contribution is 2.23. The van der Waals surface area contributed by atoms with Crippen molar-refractivity contribution < 1.29 is 4.79 Å². The largest absolute Gasteiger partial charge is 0.370 e. The molecule has 5 nitrogen and oxygen atoms in total. The monoisotopic (exact) mass is 346 g/mol. The summed E-state index contributed by atoms with van der Waals surface area (Å²) in [6.07, 6.45) is 0.944. The molecule has 0 unspecified atom stereocenters. The Labute approximate surface area is 147 Å². The van der Waals surface area contributed by atoms with Crippen LogP contribution in [0.15, 0.2) is 30.3 Å². The van der Waals surface area contributed by atoms with Gasteiger partial charge >= 0.3 is 0 Å². The molecule has 1 aliphatic heterocycles. The van der Waals surface area contributed by atoms with Gasteiger partial charge in [0.1, 0.15) is 5.15 Å². The molecule has 1 amide bonds. The van der Waals surface area contributed by atoms with Crippen molar-refractivity contribution in [3.63, 3.8) is 0 Å². The van der Waals surface area contributed by atoms with Crippen molar-refractivity contribution in [3.8, 4) is 0 Å². The number of hydrogen-bond acceptors (Lipinski definition) is 3. The van der Waals surface area contributed by atoms with Gasteiger partial charge in [-0.1, -0.05) is 29.8 Å². The van der Waals surface area contributed by atoms with E-state index in [1.54, 1.807) is 4.68 Å². The summed E-state index contributed by atoms with van der Waals surface area (Å²) in [4.78, 5) is 17.2. The predicted molar refractivity (Wildman–Crippen MR) is 96.8 cm³/mol. The summed E-state index contributed by atoms with van der Waals surface area (Å²) in [5, 5.41) is 4.81. The number of anilines is 1. The number of hydrogen-bond donors (Lipinski definition) is 0. The van der Waals surface area contributed by atoms with Crippen molar-refractivity contribution in [1.29, 1.82) is 0 Å². The SMILES string of the molecule is CCn1nc(C)c(C(=O)N2CCCN(c3ccccc3)CC2)c1Cl. The maximum Gasteiger partial charge on any atom is 0.258 e. The lowest BCUT2D eigenvalue weighted by molar-refractivity contribution is 0.0766. The number of para-hydroxylation sites is 1. The Morgan fingerprint density at radius 2 is 1.92 bits per heavy atom. The Kier molecular flexibility index (Phi) is 5.09. The highest BCUT2D eigenvalue weighted by Gasteiger charge is 2.26. The highest BCUT2D eigenvalue weighted by molar-refractivity contribution is 6.33. The molecule has 0 bridgehead atoms. The second kappa shape index (κ2) is 7.26. The number of halogens is 1. The molecular weight excluding hydrogens is 324 g/mol. The van der Waals surface area contributed by atoms with Crippen LogP contribution in [0, 0.1) is 6.92 Å². The molecule has 1 saturated heterocycles. The van der Waals surface area contributed by atoms with Gasteiger partial charge in [0, 0.05) is 38.4 Å². The van der Waals surface area contributed by atoms with Crippen molar-refractivity contribution in [1.82, 2.24) is 14.7 Å². The summed E-state index contributed by atoms with van der Waals surface area (Å²) in [6.45, 7) is 7.70. The van der Waals surface area contributed by atoms with Gasteiger partial charge in [0.05, 0.1) is 11.3 Å². The summed E-state index contributed by atoms with van der Waals surface area (Å²) in [6, 6.07) is 10.3. The first kappa shape index (κ1) is 16.8. The highest BCUT2D eigenvalue weighted by atomic mass is 35.5. The minimum Gasteiger partial charge on any atom is -0.370 e. The van der Waals surface area contributed by atoms with E-state index in [4.69, 9.17) is 11.6 Å². The molecule has 1 fully saturated rings. The smallest absolute Gasteiger partial charge is 0.258 e. The first-order valence-electron chi connectivity index (χ1n) is 8.44. The van der Waals surface area contributed by atoms with E-state index in [0.717, 1.165) is 26.1 Å². The normalized spacial score (nSPS) is 15.5. The molecule has 6 heteroatoms. The number of carbonyl (C=O) groups is 1. The Bertz CT molecular complexity index is 713. The maximum absolute atomic E-state index is 12.9. The van der Waals surface area contributed by atoms with Crippen molar-refractivity contribution in [3.05, 3.63) is 46.7 Å². The van der Waals surface area contributed by atoms with Gasteiger partial charge in [-0.3, -0.25) is 9.48 Å². The van der Waals surface area contributed by atoms with Gasteiger partial charge < -0.3 is 9.80 Å². The zero-order valence-electron chi connectivity index (χ0n) is 14.2. The van der Waals surface area contributed by atoms with Gasteiger partial charge in [-0.05, 0) is 32.4 Å². The van der Waals surface area contributed by atoms with E-state index < -0.39 is 0 Å². The van der Waals surface area contributed by atoms with E-state index in [-0.39, 0.29) is 5.91 Å². The van der Waals surface area contributed by atoms with Crippen LogP contribution in [-0.2, 0) is 6.54 Å². The first-order valence-corrected chi connectivity index (χ1v) is 8.81. The van der Waals surface area contributed by atoms with Gasteiger partial charge in [0.2, 0.25) is 0 Å².